The van der Waals surface area contributed by atoms with Crippen molar-refractivity contribution in [3.8, 4) is 0 Å². The van der Waals surface area contributed by atoms with Crippen LogP contribution in [0.2, 0.25) is 0 Å². The minimum Gasteiger partial charge on any atom is -0.456 e. The molecule has 0 unspecified atom stereocenters. The first-order valence-corrected chi connectivity index (χ1v) is 15.2. The molecule has 1 fully saturated rings. The Kier molecular flexibility index (Phi) is 10.0. The summed E-state index contributed by atoms with van der Waals surface area (Å²) < 4.78 is 19.0. The Morgan fingerprint density at radius 3 is 2.46 bits per heavy atom. The van der Waals surface area contributed by atoms with Crippen LogP contribution in [0, 0.1) is 0 Å². The number of ether oxygens (including phenoxy) is 3. The van der Waals surface area contributed by atoms with Gasteiger partial charge in [-0.15, -0.1) is 0 Å². The van der Waals surface area contributed by atoms with Crippen molar-refractivity contribution >= 4 is 29.8 Å². The molecule has 0 bridgehead atoms. The zero-order valence-electron chi connectivity index (χ0n) is 26.0. The molecule has 0 saturated carbocycles. The fourth-order valence-corrected chi connectivity index (χ4v) is 5.88. The molecule has 1 spiro atoms. The maximum Gasteiger partial charge on any atom is 0.338 e. The van der Waals surface area contributed by atoms with Crippen molar-refractivity contribution in [2.45, 2.75) is 62.4 Å². The Balaban J connectivity index is 1.38. The van der Waals surface area contributed by atoms with Gasteiger partial charge in [0.15, 0.2) is 5.79 Å². The van der Waals surface area contributed by atoms with Crippen LogP contribution in [0.5, 0.6) is 0 Å². The van der Waals surface area contributed by atoms with Crippen LogP contribution >= 0.6 is 0 Å². The molecular formula is C34H39N3O9. The summed E-state index contributed by atoms with van der Waals surface area (Å²) in [5.74, 6) is -3.14. The number of amides is 3. The van der Waals surface area contributed by atoms with Crippen molar-refractivity contribution in [1.82, 2.24) is 15.5 Å². The van der Waals surface area contributed by atoms with Crippen LogP contribution in [-0.2, 0) is 41.4 Å². The predicted octanol–water partition coefficient (Wildman–Crippen LogP) is 0.897. The van der Waals surface area contributed by atoms with Gasteiger partial charge in [0.05, 0.1) is 18.3 Å². The SMILES string of the molecule is C[C@H](O)[C@@H](NC(=O)C1=C[C@H]2OC3(Cc4ccccc4C3)O[C@H]2[C@H](OC(=O)c2cccc(C=CC(=O)N(C)C)c2)C1)C(=O)NCCO. The number of likely N-dealkylation sites (N-methyl/N-ethyl adjacent to an activating group) is 1. The number of hydrogen-bond donors (Lipinski definition) is 4. The minimum atomic E-state index is -1.29. The van der Waals surface area contributed by atoms with Crippen molar-refractivity contribution in [1.29, 1.82) is 0 Å². The molecule has 4 N–H and O–H groups in total. The van der Waals surface area contributed by atoms with Crippen LogP contribution in [0.1, 0.15) is 40.4 Å². The van der Waals surface area contributed by atoms with Gasteiger partial charge in [-0.1, -0.05) is 36.4 Å². The summed E-state index contributed by atoms with van der Waals surface area (Å²) >= 11 is 0. The maximum absolute atomic E-state index is 13.5. The van der Waals surface area contributed by atoms with E-state index in [0.29, 0.717) is 18.4 Å². The standard InChI is InChI=1S/C34H39N3O9/c1-20(39)29(32(42)35-13-14-38)36-31(41)25-16-26(44-33(43)22-10-6-7-21(15-22)11-12-28(40)37(2)3)30-27(17-25)45-34(46-30)18-23-8-4-5-9-24(23)19-34/h4-12,15,17,20,26-27,29-30,38-39H,13-14,16,18-19H2,1-3H3,(H,35,42)(H,36,41)/t20-,26+,27+,29+,30-/m0/s1. The van der Waals surface area contributed by atoms with E-state index in [1.165, 1.54) is 17.9 Å². The molecule has 1 saturated heterocycles. The largest absolute Gasteiger partial charge is 0.456 e. The molecule has 12 nitrogen and oxygen atoms in total. The molecule has 5 rings (SSSR count). The third-order valence-corrected chi connectivity index (χ3v) is 8.21. The van der Waals surface area contributed by atoms with E-state index in [2.05, 4.69) is 10.6 Å². The number of nitrogens with one attached hydrogen (secondary N) is 2. The van der Waals surface area contributed by atoms with Crippen LogP contribution in [0.3, 0.4) is 0 Å². The lowest BCUT2D eigenvalue weighted by molar-refractivity contribution is -0.172. The van der Waals surface area contributed by atoms with E-state index in [1.54, 1.807) is 50.5 Å². The van der Waals surface area contributed by atoms with Crippen LogP contribution in [0.25, 0.3) is 6.08 Å². The van der Waals surface area contributed by atoms with Gasteiger partial charge >= 0.3 is 5.97 Å². The first-order chi connectivity index (χ1) is 22.0. The summed E-state index contributed by atoms with van der Waals surface area (Å²) in [4.78, 5) is 53.0. The predicted molar refractivity (Wildman–Crippen MR) is 166 cm³/mol. The Bertz CT molecular complexity index is 1520. The lowest BCUT2D eigenvalue weighted by Gasteiger charge is -2.31. The number of carbonyl (C=O) groups is 4. The van der Waals surface area contributed by atoms with E-state index >= 15 is 0 Å². The molecule has 0 radical (unpaired) electrons. The van der Waals surface area contributed by atoms with E-state index in [1.807, 2.05) is 24.3 Å². The topological polar surface area (TPSA) is 164 Å². The van der Waals surface area contributed by atoms with Gasteiger partial charge in [0.1, 0.15) is 24.4 Å². The van der Waals surface area contributed by atoms with Crippen LogP contribution < -0.4 is 10.6 Å². The zero-order chi connectivity index (χ0) is 33.0. The normalized spacial score (nSPS) is 22.4. The van der Waals surface area contributed by atoms with Gasteiger partial charge in [-0.3, -0.25) is 14.4 Å². The molecule has 2 aliphatic carbocycles. The molecule has 1 heterocycles. The highest BCUT2D eigenvalue weighted by Crippen LogP contribution is 2.45. The number of esters is 1. The number of aliphatic hydroxyl groups excluding tert-OH is 2. The molecule has 1 aliphatic heterocycles. The van der Waals surface area contributed by atoms with Crippen LogP contribution in [0.15, 0.2) is 66.3 Å². The number of benzene rings is 2. The van der Waals surface area contributed by atoms with Crippen LogP contribution in [-0.4, -0.2) is 102 Å². The van der Waals surface area contributed by atoms with Gasteiger partial charge in [-0.05, 0) is 47.9 Å². The molecule has 2 aromatic rings. The third-order valence-electron chi connectivity index (χ3n) is 8.21. The number of hydrogen-bond acceptors (Lipinski definition) is 9. The molecule has 244 valence electrons. The highest BCUT2D eigenvalue weighted by atomic mass is 16.8. The minimum absolute atomic E-state index is 0.0349. The van der Waals surface area contributed by atoms with Gasteiger partial charge in [-0.25, -0.2) is 4.79 Å². The van der Waals surface area contributed by atoms with Crippen molar-refractivity contribution in [3.63, 3.8) is 0 Å². The van der Waals surface area contributed by atoms with Crippen molar-refractivity contribution in [3.05, 3.63) is 88.5 Å². The average molecular weight is 634 g/mol. The Morgan fingerprint density at radius 1 is 1.09 bits per heavy atom. The second kappa shape index (κ2) is 14.0. The summed E-state index contributed by atoms with van der Waals surface area (Å²) in [6, 6.07) is 13.3. The summed E-state index contributed by atoms with van der Waals surface area (Å²) in [6.45, 7) is 1.03. The number of rotatable bonds is 10. The molecule has 3 aliphatic rings. The van der Waals surface area contributed by atoms with Gasteiger partial charge in [0.2, 0.25) is 17.7 Å². The van der Waals surface area contributed by atoms with E-state index in [-0.39, 0.29) is 36.6 Å². The molecule has 2 aromatic carbocycles. The van der Waals surface area contributed by atoms with Gasteiger partial charge in [0.25, 0.3) is 0 Å². The maximum atomic E-state index is 13.5. The third kappa shape index (κ3) is 7.37. The number of fused-ring (bicyclic) bond motifs is 2. The van der Waals surface area contributed by atoms with Gasteiger partial charge < -0.3 is 40.0 Å². The quantitative estimate of drug-likeness (QED) is 0.220. The zero-order valence-corrected chi connectivity index (χ0v) is 26.0. The second-order valence-corrected chi connectivity index (χ2v) is 11.9. The number of carbonyl (C=O) groups excluding carboxylic acids is 4. The van der Waals surface area contributed by atoms with E-state index < -0.39 is 54.0 Å². The molecule has 12 heteroatoms. The fraction of sp³-hybridized carbons (Fsp3) is 0.412. The molecule has 5 atom stereocenters. The summed E-state index contributed by atoms with van der Waals surface area (Å²) in [5, 5.41) is 24.3. The lowest BCUT2D eigenvalue weighted by Crippen LogP contribution is -2.54. The molecule has 3 amide bonds. The fourth-order valence-electron chi connectivity index (χ4n) is 5.88. The molecular weight excluding hydrogens is 594 g/mol. The first-order valence-electron chi connectivity index (χ1n) is 15.2. The van der Waals surface area contributed by atoms with Gasteiger partial charge in [0, 0.05) is 51.6 Å². The Labute approximate surface area is 267 Å². The first kappa shape index (κ1) is 33.0. The van der Waals surface area contributed by atoms with E-state index in [0.717, 1.165) is 11.1 Å². The van der Waals surface area contributed by atoms with Gasteiger partial charge in [-0.2, -0.15) is 0 Å². The highest BCUT2D eigenvalue weighted by Gasteiger charge is 2.55. The average Bonchev–Trinajstić information content (AvgIpc) is 3.58. The lowest BCUT2D eigenvalue weighted by atomic mass is 9.91. The van der Waals surface area contributed by atoms with Crippen molar-refractivity contribution < 1.29 is 43.6 Å². The molecule has 0 aromatic heterocycles. The summed E-state index contributed by atoms with van der Waals surface area (Å²) in [6.07, 6.45) is 1.97. The highest BCUT2D eigenvalue weighted by molar-refractivity contribution is 5.98. The summed E-state index contributed by atoms with van der Waals surface area (Å²) in [7, 11) is 3.28. The Hall–Kier alpha value is -4.36. The smallest absolute Gasteiger partial charge is 0.338 e. The van der Waals surface area contributed by atoms with Crippen molar-refractivity contribution in [2.75, 3.05) is 27.2 Å². The van der Waals surface area contributed by atoms with E-state index in [9.17, 15) is 24.3 Å². The number of aliphatic hydroxyl groups is 2. The van der Waals surface area contributed by atoms with E-state index in [4.69, 9.17) is 19.3 Å². The monoisotopic (exact) mass is 633 g/mol. The Morgan fingerprint density at radius 2 is 1.80 bits per heavy atom. The molecule has 46 heavy (non-hydrogen) atoms. The number of nitrogens with zero attached hydrogens (tertiary/aromatic N) is 1. The summed E-state index contributed by atoms with van der Waals surface area (Å²) in [5.41, 5.74) is 3.24. The van der Waals surface area contributed by atoms with Crippen molar-refractivity contribution in [2.24, 2.45) is 0 Å². The van der Waals surface area contributed by atoms with Crippen LogP contribution in [0.4, 0.5) is 0 Å². The second-order valence-electron chi connectivity index (χ2n) is 11.9.